The number of allylic oxidation sites excluding steroid dienone is 1. The zero-order valence-electron chi connectivity index (χ0n) is 15.6. The first-order valence-electron chi connectivity index (χ1n) is 9.94. The number of hydrogen-bond donors (Lipinski definition) is 1. The molecule has 4 rings (SSSR count). The number of aliphatic hydroxyl groups is 1. The molecule has 0 bridgehead atoms. The van der Waals surface area contributed by atoms with Crippen molar-refractivity contribution in [2.45, 2.75) is 70.5 Å². The molecule has 3 saturated carbocycles. The molecule has 0 saturated heterocycles. The lowest BCUT2D eigenvalue weighted by Gasteiger charge is -2.58. The third-order valence-corrected chi connectivity index (χ3v) is 8.40. The van der Waals surface area contributed by atoms with Crippen LogP contribution in [-0.4, -0.2) is 38.1 Å². The second-order valence-electron chi connectivity index (χ2n) is 9.17. The molecule has 136 valence electrons. The van der Waals surface area contributed by atoms with Crippen molar-refractivity contribution in [1.82, 2.24) is 0 Å². The molecule has 3 fully saturated rings. The minimum atomic E-state index is -0.143. The van der Waals surface area contributed by atoms with Crippen LogP contribution in [0.2, 0.25) is 0 Å². The summed E-state index contributed by atoms with van der Waals surface area (Å²) in [6.07, 6.45) is 12.1. The molecule has 7 atom stereocenters. The highest BCUT2D eigenvalue weighted by Gasteiger charge is 2.60. The second-order valence-corrected chi connectivity index (χ2v) is 9.17. The first-order valence-corrected chi connectivity index (χ1v) is 9.94. The van der Waals surface area contributed by atoms with Gasteiger partial charge in [0.1, 0.15) is 0 Å². The molecule has 0 amide bonds. The lowest BCUT2D eigenvalue weighted by molar-refractivity contribution is -0.100. The highest BCUT2D eigenvalue weighted by atomic mass is 16.5. The van der Waals surface area contributed by atoms with Gasteiger partial charge in [-0.05, 0) is 74.5 Å². The zero-order valence-corrected chi connectivity index (χ0v) is 15.6. The van der Waals surface area contributed by atoms with E-state index >= 15 is 0 Å². The molecule has 0 heterocycles. The van der Waals surface area contributed by atoms with Gasteiger partial charge in [0.05, 0.1) is 18.8 Å². The normalized spacial score (nSPS) is 50.7. The maximum Gasteiger partial charge on any atom is 0.0627 e. The topological polar surface area (TPSA) is 38.7 Å². The van der Waals surface area contributed by atoms with Crippen molar-refractivity contribution in [3.8, 4) is 0 Å². The van der Waals surface area contributed by atoms with Crippen molar-refractivity contribution in [2.75, 3.05) is 20.8 Å². The fourth-order valence-electron chi connectivity index (χ4n) is 7.30. The van der Waals surface area contributed by atoms with Gasteiger partial charge in [-0.15, -0.1) is 0 Å². The molecule has 3 heteroatoms. The zero-order chi connectivity index (χ0) is 16.9. The average Bonchev–Trinajstić information content (AvgIpc) is 2.92. The molecule has 4 aliphatic rings. The largest absolute Gasteiger partial charge is 0.393 e. The van der Waals surface area contributed by atoms with Crippen LogP contribution < -0.4 is 0 Å². The van der Waals surface area contributed by atoms with E-state index < -0.39 is 0 Å². The van der Waals surface area contributed by atoms with Crippen molar-refractivity contribution < 1.29 is 14.6 Å². The van der Waals surface area contributed by atoms with Gasteiger partial charge in [0.2, 0.25) is 0 Å². The van der Waals surface area contributed by atoms with Crippen LogP contribution in [0.1, 0.15) is 58.3 Å². The van der Waals surface area contributed by atoms with Crippen molar-refractivity contribution >= 4 is 0 Å². The molecule has 0 aliphatic heterocycles. The Morgan fingerprint density at radius 2 is 1.96 bits per heavy atom. The summed E-state index contributed by atoms with van der Waals surface area (Å²) in [6.45, 7) is 3.33. The Labute approximate surface area is 146 Å². The third-order valence-electron chi connectivity index (χ3n) is 8.40. The minimum Gasteiger partial charge on any atom is -0.393 e. The van der Waals surface area contributed by atoms with Gasteiger partial charge in [0, 0.05) is 19.6 Å². The Morgan fingerprint density at radius 3 is 2.71 bits per heavy atom. The van der Waals surface area contributed by atoms with Gasteiger partial charge in [-0.1, -0.05) is 18.6 Å². The number of ether oxygens (including phenoxy) is 2. The lowest BCUT2D eigenvalue weighted by atomic mass is 9.47. The number of fused-ring (bicyclic) bond motifs is 5. The van der Waals surface area contributed by atoms with E-state index in [-0.39, 0.29) is 11.5 Å². The standard InChI is InChI=1S/C21H34O3/c1-20-10-9-18-16(17(20)6-7-19(20)24-3)5-4-14-12-15(22)8-11-21(14,18)13-23-2/h4,15-19,22H,5-13H2,1-3H3/t15-,16-,17-,18-,19-,20-,21+/m0/s1. The van der Waals surface area contributed by atoms with E-state index in [0.717, 1.165) is 43.6 Å². The highest BCUT2D eigenvalue weighted by Crippen LogP contribution is 2.65. The second kappa shape index (κ2) is 6.10. The maximum absolute atomic E-state index is 10.2. The van der Waals surface area contributed by atoms with Crippen LogP contribution in [0.3, 0.4) is 0 Å². The first-order chi connectivity index (χ1) is 11.5. The van der Waals surface area contributed by atoms with Gasteiger partial charge >= 0.3 is 0 Å². The predicted molar refractivity (Wildman–Crippen MR) is 94.7 cm³/mol. The number of rotatable bonds is 3. The summed E-state index contributed by atoms with van der Waals surface area (Å²) in [6, 6.07) is 0. The Balaban J connectivity index is 1.68. The number of methoxy groups -OCH3 is 2. The fourth-order valence-corrected chi connectivity index (χ4v) is 7.30. The Bertz CT molecular complexity index is 515. The van der Waals surface area contributed by atoms with E-state index in [0.29, 0.717) is 11.5 Å². The number of hydrogen-bond acceptors (Lipinski definition) is 3. The summed E-state index contributed by atoms with van der Waals surface area (Å²) in [5, 5.41) is 10.2. The van der Waals surface area contributed by atoms with Crippen LogP contribution in [0.4, 0.5) is 0 Å². The van der Waals surface area contributed by atoms with Crippen molar-refractivity contribution in [3.63, 3.8) is 0 Å². The summed E-state index contributed by atoms with van der Waals surface area (Å²) >= 11 is 0. The molecule has 3 nitrogen and oxygen atoms in total. The molecular formula is C21H34O3. The van der Waals surface area contributed by atoms with Crippen LogP contribution in [0.5, 0.6) is 0 Å². The van der Waals surface area contributed by atoms with Gasteiger partial charge in [-0.3, -0.25) is 0 Å². The number of aliphatic hydroxyl groups excluding tert-OH is 1. The van der Waals surface area contributed by atoms with Crippen LogP contribution in [0.15, 0.2) is 11.6 Å². The molecule has 0 aromatic heterocycles. The predicted octanol–water partition coefficient (Wildman–Crippen LogP) is 3.95. The first kappa shape index (κ1) is 17.1. The van der Waals surface area contributed by atoms with Crippen LogP contribution in [0, 0.1) is 28.6 Å². The van der Waals surface area contributed by atoms with E-state index in [4.69, 9.17) is 9.47 Å². The van der Waals surface area contributed by atoms with Crippen molar-refractivity contribution in [3.05, 3.63) is 11.6 Å². The molecule has 4 aliphatic carbocycles. The molecular weight excluding hydrogens is 300 g/mol. The van der Waals surface area contributed by atoms with E-state index in [1.165, 1.54) is 37.7 Å². The summed E-state index contributed by atoms with van der Waals surface area (Å²) < 4.78 is 11.6. The van der Waals surface area contributed by atoms with Crippen LogP contribution >= 0.6 is 0 Å². The molecule has 0 aromatic carbocycles. The molecule has 0 radical (unpaired) electrons. The smallest absolute Gasteiger partial charge is 0.0627 e. The summed E-state index contributed by atoms with van der Waals surface area (Å²) in [4.78, 5) is 0. The summed E-state index contributed by atoms with van der Waals surface area (Å²) in [7, 11) is 3.75. The van der Waals surface area contributed by atoms with E-state index in [9.17, 15) is 5.11 Å². The lowest BCUT2D eigenvalue weighted by Crippen LogP contribution is -2.53. The van der Waals surface area contributed by atoms with E-state index in [1.807, 2.05) is 14.2 Å². The van der Waals surface area contributed by atoms with Crippen LogP contribution in [0.25, 0.3) is 0 Å². The van der Waals surface area contributed by atoms with Gasteiger partial charge in [0.15, 0.2) is 0 Å². The quantitative estimate of drug-likeness (QED) is 0.794. The highest BCUT2D eigenvalue weighted by molar-refractivity contribution is 5.26. The monoisotopic (exact) mass is 334 g/mol. The van der Waals surface area contributed by atoms with Gasteiger partial charge in [0.25, 0.3) is 0 Å². The van der Waals surface area contributed by atoms with Crippen LogP contribution in [-0.2, 0) is 9.47 Å². The van der Waals surface area contributed by atoms with E-state index in [2.05, 4.69) is 13.0 Å². The SMILES string of the molecule is COC[C@]12CC[C@H](O)CC1=CC[C@@H]1[C@@H]2CC[C@]2(C)[C@@H](OC)CC[C@@H]12. The molecule has 0 aromatic rings. The Kier molecular flexibility index (Phi) is 4.34. The minimum absolute atomic E-state index is 0.143. The maximum atomic E-state index is 10.2. The van der Waals surface area contributed by atoms with E-state index in [1.54, 1.807) is 0 Å². The average molecular weight is 335 g/mol. The van der Waals surface area contributed by atoms with Crippen molar-refractivity contribution in [2.24, 2.45) is 28.6 Å². The van der Waals surface area contributed by atoms with Gasteiger partial charge in [-0.2, -0.15) is 0 Å². The Morgan fingerprint density at radius 1 is 1.12 bits per heavy atom. The molecule has 24 heavy (non-hydrogen) atoms. The molecule has 1 N–H and O–H groups in total. The summed E-state index contributed by atoms with van der Waals surface area (Å²) in [5.41, 5.74) is 2.07. The van der Waals surface area contributed by atoms with Gasteiger partial charge in [-0.25, -0.2) is 0 Å². The summed E-state index contributed by atoms with van der Waals surface area (Å²) in [5.74, 6) is 2.30. The van der Waals surface area contributed by atoms with Gasteiger partial charge < -0.3 is 14.6 Å². The molecule has 0 unspecified atom stereocenters. The molecule has 0 spiro atoms. The van der Waals surface area contributed by atoms with Crippen molar-refractivity contribution in [1.29, 1.82) is 0 Å². The fraction of sp³-hybridized carbons (Fsp3) is 0.905. The Hall–Kier alpha value is -0.380. The third kappa shape index (κ3) is 2.27.